The Morgan fingerprint density at radius 2 is 1.45 bits per heavy atom. The smallest absolute Gasteiger partial charge is 0.240 e. The van der Waals surface area contributed by atoms with E-state index in [4.69, 9.17) is 0 Å². The molecule has 0 spiro atoms. The summed E-state index contributed by atoms with van der Waals surface area (Å²) in [7, 11) is 0.470. The van der Waals surface area contributed by atoms with Gasteiger partial charge in [0.15, 0.2) is 0 Å². The van der Waals surface area contributed by atoms with Gasteiger partial charge in [-0.3, -0.25) is 0 Å². The van der Waals surface area contributed by atoms with E-state index in [-0.39, 0.29) is 6.54 Å². The molecule has 0 aliphatic carbocycles. The van der Waals surface area contributed by atoms with Crippen LogP contribution in [0.1, 0.15) is 18.1 Å². The largest absolute Gasteiger partial charge is 0.378 e. The summed E-state index contributed by atoms with van der Waals surface area (Å²) in [5, 5.41) is 0. The Balaban J connectivity index is 2.05. The average Bonchev–Trinajstić information content (AvgIpc) is 2.53. The van der Waals surface area contributed by atoms with Crippen LogP contribution in [-0.4, -0.2) is 22.5 Å². The lowest BCUT2D eigenvalue weighted by Gasteiger charge is -2.13. The maximum atomic E-state index is 12.3. The first kappa shape index (κ1) is 16.5. The fourth-order valence-corrected chi connectivity index (χ4v) is 3.10. The van der Waals surface area contributed by atoms with Gasteiger partial charge in [0, 0.05) is 26.3 Å². The monoisotopic (exact) mass is 318 g/mol. The number of hydrogen-bond donors (Lipinski definition) is 1. The second-order valence-corrected chi connectivity index (χ2v) is 7.15. The SMILES string of the molecule is CCc1ccc(S(=O)(=O)NCc2ccc(N(C)C)cc2)cc1. The summed E-state index contributed by atoms with van der Waals surface area (Å²) in [6, 6.07) is 14.8. The molecule has 0 unspecified atom stereocenters. The Hall–Kier alpha value is -1.85. The lowest BCUT2D eigenvalue weighted by molar-refractivity contribution is 0.581. The molecule has 0 saturated carbocycles. The van der Waals surface area contributed by atoms with Gasteiger partial charge in [0.25, 0.3) is 0 Å². The van der Waals surface area contributed by atoms with Crippen molar-refractivity contribution in [2.24, 2.45) is 0 Å². The van der Waals surface area contributed by atoms with E-state index < -0.39 is 10.0 Å². The molecule has 0 aliphatic heterocycles. The van der Waals surface area contributed by atoms with E-state index in [1.54, 1.807) is 12.1 Å². The number of sulfonamides is 1. The van der Waals surface area contributed by atoms with E-state index >= 15 is 0 Å². The molecular formula is C17H22N2O2S. The molecule has 118 valence electrons. The summed E-state index contributed by atoms with van der Waals surface area (Å²) < 4.78 is 27.2. The molecule has 4 nitrogen and oxygen atoms in total. The Morgan fingerprint density at radius 3 is 1.95 bits per heavy atom. The number of aryl methyl sites for hydroxylation is 1. The normalized spacial score (nSPS) is 11.4. The fourth-order valence-electron chi connectivity index (χ4n) is 2.08. The summed E-state index contributed by atoms with van der Waals surface area (Å²) in [5.41, 5.74) is 3.14. The Bertz CT molecular complexity index is 705. The molecule has 2 aromatic carbocycles. The van der Waals surface area contributed by atoms with E-state index in [1.807, 2.05) is 62.3 Å². The average molecular weight is 318 g/mol. The summed E-state index contributed by atoms with van der Waals surface area (Å²) in [4.78, 5) is 2.30. The van der Waals surface area contributed by atoms with Gasteiger partial charge >= 0.3 is 0 Å². The van der Waals surface area contributed by atoms with Crippen LogP contribution in [0.15, 0.2) is 53.4 Å². The number of nitrogens with one attached hydrogen (secondary N) is 1. The maximum Gasteiger partial charge on any atom is 0.240 e. The number of hydrogen-bond acceptors (Lipinski definition) is 3. The van der Waals surface area contributed by atoms with Gasteiger partial charge in [-0.1, -0.05) is 31.2 Å². The van der Waals surface area contributed by atoms with Gasteiger partial charge in [0.2, 0.25) is 10.0 Å². The van der Waals surface area contributed by atoms with Crippen LogP contribution in [0.25, 0.3) is 0 Å². The van der Waals surface area contributed by atoms with Crippen LogP contribution >= 0.6 is 0 Å². The minimum atomic E-state index is -3.47. The zero-order valence-corrected chi connectivity index (χ0v) is 14.0. The highest BCUT2D eigenvalue weighted by Gasteiger charge is 2.13. The molecular weight excluding hydrogens is 296 g/mol. The van der Waals surface area contributed by atoms with Crippen LogP contribution in [0, 0.1) is 0 Å². The van der Waals surface area contributed by atoms with Gasteiger partial charge in [-0.15, -0.1) is 0 Å². The molecule has 0 amide bonds. The minimum Gasteiger partial charge on any atom is -0.378 e. The zero-order valence-electron chi connectivity index (χ0n) is 13.2. The zero-order chi connectivity index (χ0) is 16.2. The third-order valence-electron chi connectivity index (χ3n) is 3.56. The molecule has 0 bridgehead atoms. The van der Waals surface area contributed by atoms with Crippen LogP contribution in [0.2, 0.25) is 0 Å². The van der Waals surface area contributed by atoms with Crippen LogP contribution < -0.4 is 9.62 Å². The van der Waals surface area contributed by atoms with Gasteiger partial charge < -0.3 is 4.90 Å². The molecule has 5 heteroatoms. The molecule has 0 fully saturated rings. The minimum absolute atomic E-state index is 0.283. The van der Waals surface area contributed by atoms with Gasteiger partial charge in [0.1, 0.15) is 0 Å². The molecule has 2 rings (SSSR count). The number of benzene rings is 2. The maximum absolute atomic E-state index is 12.3. The first-order chi connectivity index (χ1) is 10.4. The van der Waals surface area contributed by atoms with Crippen LogP contribution in [0.5, 0.6) is 0 Å². The Labute approximate surface area is 132 Å². The third kappa shape index (κ3) is 4.08. The number of rotatable bonds is 6. The van der Waals surface area contributed by atoms with Crippen molar-refractivity contribution in [3.63, 3.8) is 0 Å². The molecule has 0 aliphatic rings. The van der Waals surface area contributed by atoms with Crippen molar-refractivity contribution in [2.45, 2.75) is 24.8 Å². The second kappa shape index (κ2) is 6.94. The molecule has 1 N–H and O–H groups in total. The summed E-state index contributed by atoms with van der Waals surface area (Å²) in [5.74, 6) is 0. The van der Waals surface area contributed by atoms with Crippen molar-refractivity contribution in [1.82, 2.24) is 4.72 Å². The lowest BCUT2D eigenvalue weighted by Crippen LogP contribution is -2.23. The van der Waals surface area contributed by atoms with Gasteiger partial charge in [0.05, 0.1) is 4.90 Å². The van der Waals surface area contributed by atoms with Gasteiger partial charge in [-0.05, 0) is 41.8 Å². The summed E-state index contributed by atoms with van der Waals surface area (Å²) in [6.45, 7) is 2.32. The van der Waals surface area contributed by atoms with Crippen molar-refractivity contribution < 1.29 is 8.42 Å². The van der Waals surface area contributed by atoms with Crippen molar-refractivity contribution >= 4 is 15.7 Å². The van der Waals surface area contributed by atoms with Crippen LogP contribution in [-0.2, 0) is 23.0 Å². The van der Waals surface area contributed by atoms with E-state index in [0.717, 1.165) is 23.2 Å². The molecule has 0 radical (unpaired) electrons. The first-order valence-electron chi connectivity index (χ1n) is 7.27. The van der Waals surface area contributed by atoms with E-state index in [1.165, 1.54) is 0 Å². The third-order valence-corrected chi connectivity index (χ3v) is 4.98. The molecule has 0 atom stereocenters. The van der Waals surface area contributed by atoms with Crippen molar-refractivity contribution in [2.75, 3.05) is 19.0 Å². The van der Waals surface area contributed by atoms with Crippen molar-refractivity contribution in [1.29, 1.82) is 0 Å². The van der Waals surface area contributed by atoms with Crippen molar-refractivity contribution in [3.8, 4) is 0 Å². The topological polar surface area (TPSA) is 49.4 Å². The standard InChI is InChI=1S/C17H22N2O2S/c1-4-14-7-11-17(12-8-14)22(20,21)18-13-15-5-9-16(10-6-15)19(2)3/h5-12,18H,4,13H2,1-3H3. The molecule has 2 aromatic rings. The summed E-state index contributed by atoms with van der Waals surface area (Å²) >= 11 is 0. The predicted octanol–water partition coefficient (Wildman–Crippen LogP) is 2.79. The first-order valence-corrected chi connectivity index (χ1v) is 8.75. The lowest BCUT2D eigenvalue weighted by atomic mass is 10.2. The van der Waals surface area contributed by atoms with E-state index in [0.29, 0.717) is 4.90 Å². The van der Waals surface area contributed by atoms with Crippen LogP contribution in [0.3, 0.4) is 0 Å². The van der Waals surface area contributed by atoms with E-state index in [2.05, 4.69) is 4.72 Å². The molecule has 22 heavy (non-hydrogen) atoms. The van der Waals surface area contributed by atoms with Gasteiger partial charge in [-0.25, -0.2) is 13.1 Å². The molecule has 0 aromatic heterocycles. The Morgan fingerprint density at radius 1 is 0.909 bits per heavy atom. The highest BCUT2D eigenvalue weighted by molar-refractivity contribution is 7.89. The highest BCUT2D eigenvalue weighted by Crippen LogP contribution is 2.14. The van der Waals surface area contributed by atoms with E-state index in [9.17, 15) is 8.42 Å². The Kier molecular flexibility index (Phi) is 5.21. The van der Waals surface area contributed by atoms with Crippen LogP contribution in [0.4, 0.5) is 5.69 Å². The highest BCUT2D eigenvalue weighted by atomic mass is 32.2. The quantitative estimate of drug-likeness (QED) is 0.891. The fraction of sp³-hybridized carbons (Fsp3) is 0.294. The predicted molar refractivity (Wildman–Crippen MR) is 90.6 cm³/mol. The second-order valence-electron chi connectivity index (χ2n) is 5.38. The number of anilines is 1. The van der Waals surface area contributed by atoms with Gasteiger partial charge in [-0.2, -0.15) is 0 Å². The molecule has 0 heterocycles. The number of nitrogens with zero attached hydrogens (tertiary/aromatic N) is 1. The molecule has 0 saturated heterocycles. The van der Waals surface area contributed by atoms with Crippen molar-refractivity contribution in [3.05, 3.63) is 59.7 Å². The summed E-state index contributed by atoms with van der Waals surface area (Å²) in [6.07, 6.45) is 0.895.